The van der Waals surface area contributed by atoms with Crippen LogP contribution in [-0.2, 0) is 4.79 Å². The Morgan fingerprint density at radius 1 is 0.960 bits per heavy atom. The molecule has 5 N–H and O–H groups in total. The smallest absolute Gasteiger partial charge is 0.222 e. The highest BCUT2D eigenvalue weighted by Crippen LogP contribution is 2.09. The third kappa shape index (κ3) is 6.52. The first-order valence-electron chi connectivity index (χ1n) is 7.93. The fourth-order valence-corrected chi connectivity index (χ4v) is 2.23. The molecular weight excluding hydrogens is 330 g/mol. The van der Waals surface area contributed by atoms with Crippen molar-refractivity contribution in [2.45, 2.75) is 37.3 Å². The Labute approximate surface area is 145 Å². The lowest BCUT2D eigenvalue weighted by molar-refractivity contribution is -0.137. The maximum absolute atomic E-state index is 12.0. The average molecular weight is 355 g/mol. The van der Waals surface area contributed by atoms with Crippen LogP contribution in [0.15, 0.2) is 30.3 Å². The predicted octanol–water partition coefficient (Wildman–Crippen LogP) is -1.46. The molecule has 0 aliphatic heterocycles. The Kier molecular flexibility index (Phi) is 8.67. The van der Waals surface area contributed by atoms with E-state index >= 15 is 0 Å². The van der Waals surface area contributed by atoms with E-state index in [1.54, 1.807) is 30.3 Å². The third-order valence-electron chi connectivity index (χ3n) is 3.87. The molecular formula is C17H25NO7. The lowest BCUT2D eigenvalue weighted by Crippen LogP contribution is -2.50. The Morgan fingerprint density at radius 3 is 2.08 bits per heavy atom. The molecule has 4 atom stereocenters. The van der Waals surface area contributed by atoms with Gasteiger partial charge in [0.15, 0.2) is 5.78 Å². The van der Waals surface area contributed by atoms with E-state index in [1.807, 2.05) is 0 Å². The van der Waals surface area contributed by atoms with Crippen LogP contribution in [0.3, 0.4) is 0 Å². The van der Waals surface area contributed by atoms with Gasteiger partial charge in [0.25, 0.3) is 0 Å². The van der Waals surface area contributed by atoms with Gasteiger partial charge >= 0.3 is 0 Å². The number of ketones is 1. The van der Waals surface area contributed by atoms with Gasteiger partial charge in [0.2, 0.25) is 5.91 Å². The summed E-state index contributed by atoms with van der Waals surface area (Å²) in [4.78, 5) is 25.1. The van der Waals surface area contributed by atoms with Crippen molar-refractivity contribution in [1.82, 2.24) is 4.90 Å². The maximum atomic E-state index is 12.0. The summed E-state index contributed by atoms with van der Waals surface area (Å²) in [5, 5.41) is 47.1. The highest BCUT2D eigenvalue weighted by molar-refractivity contribution is 5.97. The molecule has 0 saturated heterocycles. The molecule has 4 unspecified atom stereocenters. The average Bonchev–Trinajstić information content (AvgIpc) is 2.64. The molecule has 0 bridgehead atoms. The second-order valence-corrected chi connectivity index (χ2v) is 5.86. The van der Waals surface area contributed by atoms with Crippen molar-refractivity contribution in [2.24, 2.45) is 0 Å². The molecule has 8 nitrogen and oxygen atoms in total. The zero-order valence-corrected chi connectivity index (χ0v) is 14.0. The summed E-state index contributed by atoms with van der Waals surface area (Å²) in [5.41, 5.74) is 0.509. The molecule has 0 aliphatic rings. The quantitative estimate of drug-likeness (QED) is 0.323. The van der Waals surface area contributed by atoms with E-state index in [0.717, 1.165) is 4.90 Å². The van der Waals surface area contributed by atoms with Crippen LogP contribution >= 0.6 is 0 Å². The van der Waals surface area contributed by atoms with Crippen LogP contribution in [0, 0.1) is 0 Å². The van der Waals surface area contributed by atoms with Gasteiger partial charge in [-0.25, -0.2) is 0 Å². The number of likely N-dealkylation sites (N-methyl/N-ethyl adjacent to an activating group) is 1. The molecule has 0 heterocycles. The van der Waals surface area contributed by atoms with Crippen LogP contribution in [-0.4, -0.2) is 86.7 Å². The van der Waals surface area contributed by atoms with Crippen LogP contribution in [0.25, 0.3) is 0 Å². The molecule has 1 rings (SSSR count). The first-order valence-corrected chi connectivity index (χ1v) is 7.93. The van der Waals surface area contributed by atoms with Crippen molar-refractivity contribution in [3.8, 4) is 0 Å². The highest BCUT2D eigenvalue weighted by Gasteiger charge is 2.31. The molecule has 1 amide bonds. The minimum absolute atomic E-state index is 0.0116. The van der Waals surface area contributed by atoms with Crippen LogP contribution in [0.2, 0.25) is 0 Å². The predicted molar refractivity (Wildman–Crippen MR) is 88.8 cm³/mol. The van der Waals surface area contributed by atoms with Gasteiger partial charge in [-0.15, -0.1) is 0 Å². The summed E-state index contributed by atoms with van der Waals surface area (Å²) >= 11 is 0. The van der Waals surface area contributed by atoms with Crippen LogP contribution in [0.5, 0.6) is 0 Å². The topological polar surface area (TPSA) is 139 Å². The van der Waals surface area contributed by atoms with Crippen LogP contribution in [0.4, 0.5) is 0 Å². The van der Waals surface area contributed by atoms with Crippen molar-refractivity contribution < 1.29 is 35.1 Å². The minimum atomic E-state index is -1.75. The van der Waals surface area contributed by atoms with E-state index in [0.29, 0.717) is 5.56 Å². The monoisotopic (exact) mass is 355 g/mol. The van der Waals surface area contributed by atoms with Gasteiger partial charge in [-0.3, -0.25) is 9.59 Å². The third-order valence-corrected chi connectivity index (χ3v) is 3.87. The van der Waals surface area contributed by atoms with Crippen molar-refractivity contribution in [3.63, 3.8) is 0 Å². The van der Waals surface area contributed by atoms with E-state index in [-0.39, 0.29) is 25.2 Å². The standard InChI is InChI=1S/C17H25NO7/c1-18(9-13(21)16(24)17(25)14(22)10-19)15(23)8-7-12(20)11-5-3-2-4-6-11/h2-6,13-14,16-17,19,21-22,24-25H,7-10H2,1H3. The molecule has 0 radical (unpaired) electrons. The Morgan fingerprint density at radius 2 is 1.52 bits per heavy atom. The largest absolute Gasteiger partial charge is 0.394 e. The van der Waals surface area contributed by atoms with Crippen molar-refractivity contribution in [3.05, 3.63) is 35.9 Å². The summed E-state index contributed by atoms with van der Waals surface area (Å²) in [5.74, 6) is -0.586. The molecule has 0 spiro atoms. The zero-order valence-electron chi connectivity index (χ0n) is 14.0. The first-order chi connectivity index (χ1) is 11.8. The number of nitrogens with zero attached hydrogens (tertiary/aromatic N) is 1. The van der Waals surface area contributed by atoms with Crippen molar-refractivity contribution in [2.75, 3.05) is 20.2 Å². The van der Waals surface area contributed by atoms with Crippen LogP contribution < -0.4 is 0 Å². The van der Waals surface area contributed by atoms with Gasteiger partial charge in [-0.05, 0) is 0 Å². The Hall–Kier alpha value is -1.84. The Bertz CT molecular complexity index is 551. The summed E-state index contributed by atoms with van der Waals surface area (Å²) < 4.78 is 0. The number of hydrogen-bond donors (Lipinski definition) is 5. The number of Topliss-reactive ketones (excluding diaryl/α,β-unsaturated/α-hetero) is 1. The summed E-state index contributed by atoms with van der Waals surface area (Å²) in [7, 11) is 1.39. The maximum Gasteiger partial charge on any atom is 0.222 e. The van der Waals surface area contributed by atoms with Gasteiger partial charge < -0.3 is 30.4 Å². The van der Waals surface area contributed by atoms with E-state index in [2.05, 4.69) is 0 Å². The van der Waals surface area contributed by atoms with E-state index in [1.165, 1.54) is 7.05 Å². The SMILES string of the molecule is CN(CC(O)C(O)C(O)C(O)CO)C(=O)CCC(=O)c1ccccc1. The molecule has 0 saturated carbocycles. The molecule has 140 valence electrons. The van der Waals surface area contributed by atoms with E-state index < -0.39 is 36.9 Å². The molecule has 0 fully saturated rings. The molecule has 1 aromatic rings. The number of benzene rings is 1. The molecule has 8 heteroatoms. The van der Waals surface area contributed by atoms with Crippen molar-refractivity contribution in [1.29, 1.82) is 0 Å². The lowest BCUT2D eigenvalue weighted by Gasteiger charge is -2.28. The lowest BCUT2D eigenvalue weighted by atomic mass is 10.0. The number of hydrogen-bond acceptors (Lipinski definition) is 7. The minimum Gasteiger partial charge on any atom is -0.394 e. The normalized spacial score (nSPS) is 15.9. The van der Waals surface area contributed by atoms with Gasteiger partial charge in [-0.2, -0.15) is 0 Å². The number of aliphatic hydroxyl groups is 5. The van der Waals surface area contributed by atoms with E-state index in [4.69, 9.17) is 5.11 Å². The van der Waals surface area contributed by atoms with Gasteiger partial charge in [0.05, 0.1) is 6.61 Å². The van der Waals surface area contributed by atoms with E-state index in [9.17, 15) is 30.0 Å². The molecule has 0 aromatic heterocycles. The number of amides is 1. The fourth-order valence-electron chi connectivity index (χ4n) is 2.23. The second-order valence-electron chi connectivity index (χ2n) is 5.86. The van der Waals surface area contributed by atoms with Crippen molar-refractivity contribution >= 4 is 11.7 Å². The molecule has 0 aliphatic carbocycles. The summed E-state index contributed by atoms with van der Waals surface area (Å²) in [6.45, 7) is -1.07. The molecule has 1 aromatic carbocycles. The van der Waals surface area contributed by atoms with Crippen LogP contribution in [0.1, 0.15) is 23.2 Å². The summed E-state index contributed by atoms with van der Waals surface area (Å²) in [6.07, 6.45) is -6.65. The Balaban J connectivity index is 2.47. The molecule has 25 heavy (non-hydrogen) atoms. The number of aliphatic hydroxyl groups excluding tert-OH is 5. The highest BCUT2D eigenvalue weighted by atomic mass is 16.4. The fraction of sp³-hybridized carbons (Fsp3) is 0.529. The number of carbonyl (C=O) groups is 2. The summed E-state index contributed by atoms with van der Waals surface area (Å²) in [6, 6.07) is 8.55. The zero-order chi connectivity index (χ0) is 19.0. The second kappa shape index (κ2) is 10.2. The number of carbonyl (C=O) groups excluding carboxylic acids is 2. The number of rotatable bonds is 10. The van der Waals surface area contributed by atoms with Gasteiger partial charge in [0, 0.05) is 32.0 Å². The van der Waals surface area contributed by atoms with Gasteiger partial charge in [0.1, 0.15) is 24.4 Å². The van der Waals surface area contributed by atoms with Gasteiger partial charge in [-0.1, -0.05) is 30.3 Å². The first kappa shape index (κ1) is 21.2.